The van der Waals surface area contributed by atoms with Crippen LogP contribution in [0.2, 0.25) is 0 Å². The van der Waals surface area contributed by atoms with Crippen LogP contribution in [-0.4, -0.2) is 38.2 Å². The van der Waals surface area contributed by atoms with E-state index in [1.165, 1.54) is 36.4 Å². The van der Waals surface area contributed by atoms with Crippen molar-refractivity contribution >= 4 is 27.4 Å². The monoisotopic (exact) mass is 429 g/mol. The first-order valence-corrected chi connectivity index (χ1v) is 12.1. The van der Waals surface area contributed by atoms with Crippen LogP contribution in [0, 0.1) is 5.92 Å². The fraction of sp³-hybridized carbons (Fsp3) is 0.455. The molecule has 1 aromatic heterocycles. The predicted molar refractivity (Wildman–Crippen MR) is 116 cm³/mol. The molecule has 0 spiro atoms. The highest BCUT2D eigenvalue weighted by Gasteiger charge is 2.28. The molecule has 1 saturated carbocycles. The van der Waals surface area contributed by atoms with E-state index in [0.29, 0.717) is 48.3 Å². The average molecular weight is 430 g/mol. The third-order valence-corrected chi connectivity index (χ3v) is 7.57. The first kappa shape index (κ1) is 20.7. The number of ether oxygens (including phenoxy) is 1. The third kappa shape index (κ3) is 4.75. The maximum atomic E-state index is 12.8. The van der Waals surface area contributed by atoms with Crippen molar-refractivity contribution in [2.24, 2.45) is 5.92 Å². The fourth-order valence-corrected chi connectivity index (χ4v) is 5.63. The van der Waals surface area contributed by atoms with E-state index in [2.05, 4.69) is 10.3 Å². The molecule has 1 N–H and O–H groups in total. The molecule has 2 fully saturated rings. The van der Waals surface area contributed by atoms with E-state index >= 15 is 0 Å². The van der Waals surface area contributed by atoms with Crippen LogP contribution in [0.3, 0.4) is 0 Å². The van der Waals surface area contributed by atoms with Crippen molar-refractivity contribution in [2.75, 3.05) is 28.5 Å². The molecule has 1 saturated heterocycles. The number of nitrogens with zero attached hydrogens (tertiary/aromatic N) is 2. The minimum absolute atomic E-state index is 0.138. The van der Waals surface area contributed by atoms with Crippen LogP contribution in [-0.2, 0) is 10.0 Å². The molecule has 1 aliphatic heterocycles. The van der Waals surface area contributed by atoms with E-state index in [9.17, 15) is 13.2 Å². The fourth-order valence-electron chi connectivity index (χ4n) is 4.07. The van der Waals surface area contributed by atoms with Gasteiger partial charge in [0.15, 0.2) is 11.6 Å². The van der Waals surface area contributed by atoms with Gasteiger partial charge in [0.05, 0.1) is 18.0 Å². The summed E-state index contributed by atoms with van der Waals surface area (Å²) in [4.78, 5) is 17.1. The van der Waals surface area contributed by atoms with Crippen molar-refractivity contribution in [3.63, 3.8) is 0 Å². The maximum Gasteiger partial charge on any atom is 0.256 e. The Morgan fingerprint density at radius 2 is 1.97 bits per heavy atom. The molecule has 1 amide bonds. The summed E-state index contributed by atoms with van der Waals surface area (Å²) in [7, 11) is -3.30. The van der Waals surface area contributed by atoms with Gasteiger partial charge in [0.25, 0.3) is 5.91 Å². The number of carbonyl (C=O) groups is 1. The summed E-state index contributed by atoms with van der Waals surface area (Å²) in [5.41, 5.74) is 0.883. The lowest BCUT2D eigenvalue weighted by Gasteiger charge is -2.22. The molecule has 0 bridgehead atoms. The number of carbonyl (C=O) groups excluding carboxylic acids is 1. The highest BCUT2D eigenvalue weighted by atomic mass is 32.2. The number of nitrogens with one attached hydrogen (secondary N) is 1. The van der Waals surface area contributed by atoms with Gasteiger partial charge in [-0.05, 0) is 55.5 Å². The van der Waals surface area contributed by atoms with Crippen LogP contribution < -0.4 is 14.4 Å². The Morgan fingerprint density at radius 3 is 2.73 bits per heavy atom. The summed E-state index contributed by atoms with van der Waals surface area (Å²) in [5, 5.41) is 2.81. The second-order valence-electron chi connectivity index (χ2n) is 7.91. The van der Waals surface area contributed by atoms with Gasteiger partial charge < -0.3 is 10.1 Å². The normalized spacial score (nSPS) is 18.9. The first-order chi connectivity index (χ1) is 14.5. The molecule has 2 aliphatic rings. The summed E-state index contributed by atoms with van der Waals surface area (Å²) in [6.45, 7) is 1.06. The summed E-state index contributed by atoms with van der Waals surface area (Å²) >= 11 is 0. The largest absolute Gasteiger partial charge is 0.489 e. The Labute approximate surface area is 177 Å². The van der Waals surface area contributed by atoms with Crippen molar-refractivity contribution in [1.29, 1.82) is 0 Å². The van der Waals surface area contributed by atoms with Gasteiger partial charge >= 0.3 is 0 Å². The van der Waals surface area contributed by atoms with Crippen LogP contribution in [0.5, 0.6) is 5.75 Å². The van der Waals surface area contributed by atoms with E-state index in [1.54, 1.807) is 42.6 Å². The molecule has 160 valence electrons. The van der Waals surface area contributed by atoms with E-state index in [1.807, 2.05) is 0 Å². The minimum atomic E-state index is -3.30. The number of sulfonamides is 1. The summed E-state index contributed by atoms with van der Waals surface area (Å²) in [6.07, 6.45) is 8.33. The molecule has 7 nitrogen and oxygen atoms in total. The second-order valence-corrected chi connectivity index (χ2v) is 9.92. The number of rotatable bonds is 6. The Bertz CT molecular complexity index is 1000. The molecule has 2 aromatic rings. The van der Waals surface area contributed by atoms with Gasteiger partial charge in [0.1, 0.15) is 0 Å². The number of hydrogen-bond donors (Lipinski definition) is 1. The van der Waals surface area contributed by atoms with Crippen molar-refractivity contribution in [1.82, 2.24) is 4.98 Å². The molecule has 1 aromatic carbocycles. The lowest BCUT2D eigenvalue weighted by Crippen LogP contribution is -2.25. The van der Waals surface area contributed by atoms with Crippen LogP contribution in [0.1, 0.15) is 48.9 Å². The zero-order valence-electron chi connectivity index (χ0n) is 16.9. The van der Waals surface area contributed by atoms with Gasteiger partial charge in [-0.2, -0.15) is 0 Å². The molecule has 0 atom stereocenters. The zero-order valence-corrected chi connectivity index (χ0v) is 17.7. The van der Waals surface area contributed by atoms with Gasteiger partial charge in [-0.1, -0.05) is 25.3 Å². The van der Waals surface area contributed by atoms with Crippen molar-refractivity contribution in [2.45, 2.75) is 38.5 Å². The molecule has 4 rings (SSSR count). The molecule has 30 heavy (non-hydrogen) atoms. The second kappa shape index (κ2) is 9.04. The van der Waals surface area contributed by atoms with Gasteiger partial charge in [-0.3, -0.25) is 9.10 Å². The number of benzene rings is 1. The summed E-state index contributed by atoms with van der Waals surface area (Å²) in [5.74, 6) is 1.25. The van der Waals surface area contributed by atoms with Gasteiger partial charge in [-0.25, -0.2) is 13.4 Å². The van der Waals surface area contributed by atoms with Crippen molar-refractivity contribution in [3.05, 3.63) is 48.2 Å². The minimum Gasteiger partial charge on any atom is -0.489 e. The topological polar surface area (TPSA) is 88.6 Å². The Balaban J connectivity index is 1.46. The maximum absolute atomic E-state index is 12.8. The molecular weight excluding hydrogens is 402 g/mol. The Morgan fingerprint density at radius 1 is 1.13 bits per heavy atom. The van der Waals surface area contributed by atoms with Crippen molar-refractivity contribution in [3.8, 4) is 5.75 Å². The van der Waals surface area contributed by atoms with Crippen LogP contribution >= 0.6 is 0 Å². The quantitative estimate of drug-likeness (QED) is 0.754. The van der Waals surface area contributed by atoms with Gasteiger partial charge in [0, 0.05) is 18.3 Å². The molecular formula is C22H27N3O4S. The van der Waals surface area contributed by atoms with Gasteiger partial charge in [0.2, 0.25) is 10.0 Å². The van der Waals surface area contributed by atoms with Crippen LogP contribution in [0.4, 0.5) is 11.5 Å². The van der Waals surface area contributed by atoms with E-state index in [4.69, 9.17) is 4.74 Å². The number of aromatic nitrogens is 1. The smallest absolute Gasteiger partial charge is 0.256 e. The standard InChI is InChI=1S/C22H27N3O4S/c26-22(18-9-4-10-19(15-18)25-13-6-14-30(25,27)28)24-21-20(11-5-12-23-21)29-16-17-7-2-1-3-8-17/h4-5,9-12,15,17H,1-3,6-8,13-14,16H2,(H,23,24,26). The predicted octanol–water partition coefficient (Wildman–Crippen LogP) is 3.83. The van der Waals surface area contributed by atoms with Crippen LogP contribution in [0.15, 0.2) is 42.6 Å². The molecule has 0 unspecified atom stereocenters. The number of anilines is 2. The number of pyridine rings is 1. The molecule has 0 radical (unpaired) electrons. The highest BCUT2D eigenvalue weighted by molar-refractivity contribution is 7.93. The highest BCUT2D eigenvalue weighted by Crippen LogP contribution is 2.28. The van der Waals surface area contributed by atoms with E-state index in [-0.39, 0.29) is 11.7 Å². The van der Waals surface area contributed by atoms with E-state index in [0.717, 1.165) is 0 Å². The Hall–Kier alpha value is -2.61. The molecule has 8 heteroatoms. The van der Waals surface area contributed by atoms with E-state index < -0.39 is 10.0 Å². The lowest BCUT2D eigenvalue weighted by atomic mass is 9.90. The summed E-state index contributed by atoms with van der Waals surface area (Å²) < 4.78 is 31.7. The number of hydrogen-bond acceptors (Lipinski definition) is 5. The number of amides is 1. The average Bonchev–Trinajstić information content (AvgIpc) is 3.13. The first-order valence-electron chi connectivity index (χ1n) is 10.5. The lowest BCUT2D eigenvalue weighted by molar-refractivity contribution is 0.102. The molecule has 1 aliphatic carbocycles. The van der Waals surface area contributed by atoms with Crippen molar-refractivity contribution < 1.29 is 17.9 Å². The molecule has 2 heterocycles. The summed E-state index contributed by atoms with van der Waals surface area (Å²) in [6, 6.07) is 10.2. The van der Waals surface area contributed by atoms with Crippen LogP contribution in [0.25, 0.3) is 0 Å². The van der Waals surface area contributed by atoms with Gasteiger partial charge in [-0.15, -0.1) is 0 Å². The SMILES string of the molecule is O=C(Nc1ncccc1OCC1CCCCC1)c1cccc(N2CCCS2(=O)=O)c1. The Kier molecular flexibility index (Phi) is 6.22. The third-order valence-electron chi connectivity index (χ3n) is 5.70. The zero-order chi connectivity index (χ0) is 21.0.